The molecule has 116 valence electrons. The second-order valence-corrected chi connectivity index (χ2v) is 6.21. The van der Waals surface area contributed by atoms with Gasteiger partial charge in [0.15, 0.2) is 0 Å². The van der Waals surface area contributed by atoms with Crippen molar-refractivity contribution in [3.8, 4) is 0 Å². The zero-order valence-electron chi connectivity index (χ0n) is 12.4. The number of ether oxygens (including phenoxy) is 1. The van der Waals surface area contributed by atoms with E-state index in [-0.39, 0.29) is 23.2 Å². The van der Waals surface area contributed by atoms with Crippen molar-refractivity contribution in [3.05, 3.63) is 11.7 Å². The van der Waals surface area contributed by atoms with Gasteiger partial charge in [-0.15, -0.1) is 0 Å². The predicted octanol–water partition coefficient (Wildman–Crippen LogP) is 1.04. The van der Waals surface area contributed by atoms with E-state index in [1.807, 2.05) is 0 Å². The van der Waals surface area contributed by atoms with E-state index < -0.39 is 0 Å². The van der Waals surface area contributed by atoms with Crippen LogP contribution in [-0.2, 0) is 4.74 Å². The van der Waals surface area contributed by atoms with Gasteiger partial charge in [-0.2, -0.15) is 4.98 Å². The largest absolute Gasteiger partial charge is 0.381 e. The van der Waals surface area contributed by atoms with Crippen molar-refractivity contribution in [3.63, 3.8) is 0 Å². The Morgan fingerprint density at radius 1 is 1.48 bits per heavy atom. The number of carbonyl (C=O) groups excluding carboxylic acids is 1. The standard InChI is InChI=1S/C14H22N4O3/c1-14(4-7-20-8-5-14)9-16-12(19)11-17-13(21-18-11)10-3-2-6-15-10/h10,15H,2-9H2,1H3,(H,16,19). The third kappa shape index (κ3) is 3.41. The summed E-state index contributed by atoms with van der Waals surface area (Å²) in [6.07, 6.45) is 3.98. The molecule has 1 amide bonds. The number of carbonyl (C=O) groups is 1. The van der Waals surface area contributed by atoms with Gasteiger partial charge >= 0.3 is 0 Å². The second kappa shape index (κ2) is 6.11. The van der Waals surface area contributed by atoms with Crippen molar-refractivity contribution in [2.45, 2.75) is 38.6 Å². The lowest BCUT2D eigenvalue weighted by Crippen LogP contribution is -2.39. The molecule has 21 heavy (non-hydrogen) atoms. The van der Waals surface area contributed by atoms with Crippen molar-refractivity contribution >= 4 is 5.91 Å². The van der Waals surface area contributed by atoms with E-state index in [4.69, 9.17) is 9.26 Å². The summed E-state index contributed by atoms with van der Waals surface area (Å²) in [5, 5.41) is 9.97. The minimum atomic E-state index is -0.268. The van der Waals surface area contributed by atoms with Gasteiger partial charge in [0.05, 0.1) is 6.04 Å². The van der Waals surface area contributed by atoms with Gasteiger partial charge in [-0.1, -0.05) is 12.1 Å². The average molecular weight is 294 g/mol. The second-order valence-electron chi connectivity index (χ2n) is 6.21. The van der Waals surface area contributed by atoms with Crippen LogP contribution in [0.2, 0.25) is 0 Å². The normalized spacial score (nSPS) is 24.9. The van der Waals surface area contributed by atoms with Crippen LogP contribution in [0.3, 0.4) is 0 Å². The van der Waals surface area contributed by atoms with E-state index in [9.17, 15) is 4.79 Å². The van der Waals surface area contributed by atoms with Gasteiger partial charge in [-0.05, 0) is 37.6 Å². The Bertz CT molecular complexity index is 490. The maximum atomic E-state index is 12.1. The molecule has 1 aromatic rings. The van der Waals surface area contributed by atoms with Crippen LogP contribution in [0.5, 0.6) is 0 Å². The van der Waals surface area contributed by atoms with Gasteiger partial charge in [0.1, 0.15) is 0 Å². The monoisotopic (exact) mass is 294 g/mol. The molecule has 7 nitrogen and oxygen atoms in total. The Balaban J connectivity index is 1.55. The fourth-order valence-corrected chi connectivity index (χ4v) is 2.78. The highest BCUT2D eigenvalue weighted by molar-refractivity contribution is 5.90. The molecule has 7 heteroatoms. The summed E-state index contributed by atoms with van der Waals surface area (Å²) in [4.78, 5) is 16.3. The molecule has 2 aliphatic heterocycles. The highest BCUT2D eigenvalue weighted by atomic mass is 16.5. The number of aromatic nitrogens is 2. The van der Waals surface area contributed by atoms with Gasteiger partial charge in [0.25, 0.3) is 11.7 Å². The number of nitrogens with one attached hydrogen (secondary N) is 2. The summed E-state index contributed by atoms with van der Waals surface area (Å²) in [5.41, 5.74) is 0.0908. The van der Waals surface area contributed by atoms with Crippen LogP contribution in [0.1, 0.15) is 55.2 Å². The van der Waals surface area contributed by atoms with Crippen molar-refractivity contribution in [1.82, 2.24) is 20.8 Å². The van der Waals surface area contributed by atoms with Crippen LogP contribution in [0.4, 0.5) is 0 Å². The first-order valence-corrected chi connectivity index (χ1v) is 7.59. The molecule has 2 fully saturated rings. The summed E-state index contributed by atoms with van der Waals surface area (Å²) in [6, 6.07) is 0.0899. The third-order valence-electron chi connectivity index (χ3n) is 4.38. The predicted molar refractivity (Wildman–Crippen MR) is 74.8 cm³/mol. The number of hydrogen-bond donors (Lipinski definition) is 2. The highest BCUT2D eigenvalue weighted by Crippen LogP contribution is 2.28. The molecule has 0 spiro atoms. The molecule has 1 aromatic heterocycles. The van der Waals surface area contributed by atoms with Gasteiger partial charge < -0.3 is 19.9 Å². The van der Waals surface area contributed by atoms with Crippen molar-refractivity contribution in [2.24, 2.45) is 5.41 Å². The Labute approximate surface area is 123 Å². The molecule has 1 atom stereocenters. The summed E-state index contributed by atoms with van der Waals surface area (Å²) in [5.74, 6) is 0.361. The molecule has 0 saturated carbocycles. The molecule has 0 aromatic carbocycles. The van der Waals surface area contributed by atoms with E-state index in [1.165, 1.54) is 0 Å². The zero-order valence-corrected chi connectivity index (χ0v) is 12.4. The molecule has 2 aliphatic rings. The first-order valence-electron chi connectivity index (χ1n) is 7.59. The highest BCUT2D eigenvalue weighted by Gasteiger charge is 2.29. The van der Waals surface area contributed by atoms with Crippen LogP contribution in [-0.4, -0.2) is 42.4 Å². The summed E-state index contributed by atoms with van der Waals surface area (Å²) >= 11 is 0. The van der Waals surface area contributed by atoms with Crippen molar-refractivity contribution < 1.29 is 14.1 Å². The van der Waals surface area contributed by atoms with Gasteiger partial charge in [0.2, 0.25) is 5.89 Å². The Kier molecular flexibility index (Phi) is 4.21. The summed E-state index contributed by atoms with van der Waals surface area (Å²) in [7, 11) is 0. The molecule has 2 N–H and O–H groups in total. The van der Waals surface area contributed by atoms with Crippen LogP contribution < -0.4 is 10.6 Å². The average Bonchev–Trinajstić information content (AvgIpc) is 3.16. The van der Waals surface area contributed by atoms with Gasteiger partial charge in [-0.3, -0.25) is 4.79 Å². The van der Waals surface area contributed by atoms with Crippen LogP contribution in [0.15, 0.2) is 4.52 Å². The molecule has 1 unspecified atom stereocenters. The van der Waals surface area contributed by atoms with E-state index in [1.54, 1.807) is 0 Å². The quantitative estimate of drug-likeness (QED) is 0.862. The summed E-state index contributed by atoms with van der Waals surface area (Å²) in [6.45, 7) is 5.24. The number of amides is 1. The van der Waals surface area contributed by atoms with E-state index in [0.717, 1.165) is 45.4 Å². The molecule has 0 bridgehead atoms. The van der Waals surface area contributed by atoms with E-state index in [0.29, 0.717) is 12.4 Å². The number of rotatable bonds is 4. The number of nitrogens with zero attached hydrogens (tertiary/aromatic N) is 2. The molecular formula is C14H22N4O3. The van der Waals surface area contributed by atoms with Gasteiger partial charge in [0, 0.05) is 19.8 Å². The SMILES string of the molecule is CC1(CNC(=O)c2noc(C3CCCN3)n2)CCOCC1. The van der Waals surface area contributed by atoms with Crippen LogP contribution >= 0.6 is 0 Å². The molecule has 3 heterocycles. The molecule has 3 rings (SSSR count). The topological polar surface area (TPSA) is 89.3 Å². The smallest absolute Gasteiger partial charge is 0.292 e. The fraction of sp³-hybridized carbons (Fsp3) is 0.786. The lowest BCUT2D eigenvalue weighted by Gasteiger charge is -2.33. The Morgan fingerprint density at radius 3 is 3.00 bits per heavy atom. The van der Waals surface area contributed by atoms with Crippen LogP contribution in [0.25, 0.3) is 0 Å². The van der Waals surface area contributed by atoms with E-state index in [2.05, 4.69) is 27.7 Å². The molecular weight excluding hydrogens is 272 g/mol. The minimum Gasteiger partial charge on any atom is -0.381 e. The lowest BCUT2D eigenvalue weighted by molar-refractivity contribution is 0.0237. The zero-order chi connectivity index (χ0) is 14.7. The van der Waals surface area contributed by atoms with Crippen LogP contribution in [0, 0.1) is 5.41 Å². The maximum Gasteiger partial charge on any atom is 0.292 e. The molecule has 2 saturated heterocycles. The van der Waals surface area contributed by atoms with Gasteiger partial charge in [-0.25, -0.2) is 0 Å². The summed E-state index contributed by atoms with van der Waals surface area (Å²) < 4.78 is 10.5. The lowest BCUT2D eigenvalue weighted by atomic mass is 9.82. The van der Waals surface area contributed by atoms with E-state index >= 15 is 0 Å². The molecule has 0 radical (unpaired) electrons. The minimum absolute atomic E-state index is 0.0899. The van der Waals surface area contributed by atoms with Crippen molar-refractivity contribution in [2.75, 3.05) is 26.3 Å². The van der Waals surface area contributed by atoms with Crippen molar-refractivity contribution in [1.29, 1.82) is 0 Å². The fourth-order valence-electron chi connectivity index (χ4n) is 2.78. The Hall–Kier alpha value is -1.47. The molecule has 0 aliphatic carbocycles. The Morgan fingerprint density at radius 2 is 2.29 bits per heavy atom. The third-order valence-corrected chi connectivity index (χ3v) is 4.38. The first kappa shape index (κ1) is 14.5. The number of hydrogen-bond acceptors (Lipinski definition) is 6. The maximum absolute atomic E-state index is 12.1. The first-order chi connectivity index (χ1) is 10.2.